The zero-order valence-corrected chi connectivity index (χ0v) is 19.1. The molecule has 2 aromatic carbocycles. The number of carboxylic acid groups (broad SMARTS) is 1. The van der Waals surface area contributed by atoms with Crippen LogP contribution in [0.15, 0.2) is 54.6 Å². The second kappa shape index (κ2) is 9.61. The molecule has 0 radical (unpaired) electrons. The number of fused-ring (bicyclic) bond motifs is 3. The van der Waals surface area contributed by atoms with Gasteiger partial charge < -0.3 is 14.7 Å². The maximum atomic E-state index is 12.9. The van der Waals surface area contributed by atoms with Crippen LogP contribution in [-0.4, -0.2) is 57.4 Å². The lowest BCUT2D eigenvalue weighted by Gasteiger charge is -2.26. The molecular formula is C26H26N4O5. The molecule has 9 nitrogen and oxygen atoms in total. The number of carbonyl (C=O) groups excluding carboxylic acids is 2. The molecule has 0 atom stereocenters. The Morgan fingerprint density at radius 3 is 2.29 bits per heavy atom. The van der Waals surface area contributed by atoms with Gasteiger partial charge in [0.05, 0.1) is 0 Å². The first kappa shape index (κ1) is 22.6. The average Bonchev–Trinajstić information content (AvgIpc) is 3.60. The lowest BCUT2D eigenvalue weighted by molar-refractivity contribution is -0.138. The minimum absolute atomic E-state index is 0.0690. The zero-order valence-electron chi connectivity index (χ0n) is 19.1. The molecular weight excluding hydrogens is 448 g/mol. The number of rotatable bonds is 7. The Labute approximate surface area is 202 Å². The van der Waals surface area contributed by atoms with E-state index in [9.17, 15) is 19.5 Å². The summed E-state index contributed by atoms with van der Waals surface area (Å²) in [7, 11) is 0. The predicted molar refractivity (Wildman–Crippen MR) is 128 cm³/mol. The first-order chi connectivity index (χ1) is 17.0. The molecule has 180 valence electrons. The molecule has 1 fully saturated rings. The first-order valence-electron chi connectivity index (χ1n) is 11.7. The highest BCUT2D eigenvalue weighted by atomic mass is 16.5. The molecule has 1 heterocycles. The number of ether oxygens (including phenoxy) is 1. The molecule has 1 aromatic heterocycles. The van der Waals surface area contributed by atoms with Crippen LogP contribution in [0.3, 0.4) is 0 Å². The van der Waals surface area contributed by atoms with E-state index in [0.717, 1.165) is 47.9 Å². The summed E-state index contributed by atoms with van der Waals surface area (Å²) < 4.78 is 5.52. The molecule has 0 aliphatic heterocycles. The SMILES string of the molecule is O=C(O)CN(C(=O)c1cc(NC(=O)OCC2c3ccccc3-c3ccccc32)n[nH]1)C1CCCC1. The summed E-state index contributed by atoms with van der Waals surface area (Å²) >= 11 is 0. The third-order valence-corrected chi connectivity index (χ3v) is 6.71. The highest BCUT2D eigenvalue weighted by molar-refractivity contribution is 5.96. The molecule has 2 aliphatic carbocycles. The van der Waals surface area contributed by atoms with Crippen molar-refractivity contribution in [2.24, 2.45) is 0 Å². The van der Waals surface area contributed by atoms with Crippen molar-refractivity contribution >= 4 is 23.8 Å². The number of aliphatic carboxylic acids is 1. The Morgan fingerprint density at radius 1 is 1.03 bits per heavy atom. The van der Waals surface area contributed by atoms with Gasteiger partial charge in [-0.15, -0.1) is 0 Å². The maximum absolute atomic E-state index is 12.9. The summed E-state index contributed by atoms with van der Waals surface area (Å²) in [5.74, 6) is -1.46. The number of nitrogens with one attached hydrogen (secondary N) is 2. The van der Waals surface area contributed by atoms with E-state index >= 15 is 0 Å². The van der Waals surface area contributed by atoms with E-state index in [1.165, 1.54) is 11.0 Å². The van der Waals surface area contributed by atoms with Gasteiger partial charge in [-0.1, -0.05) is 61.4 Å². The Balaban J connectivity index is 1.23. The second-order valence-electron chi connectivity index (χ2n) is 8.88. The Kier molecular flexibility index (Phi) is 6.22. The second-order valence-corrected chi connectivity index (χ2v) is 8.88. The van der Waals surface area contributed by atoms with Gasteiger partial charge in [0.1, 0.15) is 18.8 Å². The third-order valence-electron chi connectivity index (χ3n) is 6.71. The van der Waals surface area contributed by atoms with Crippen LogP contribution in [0.4, 0.5) is 10.6 Å². The molecule has 35 heavy (non-hydrogen) atoms. The number of anilines is 1. The van der Waals surface area contributed by atoms with Crippen LogP contribution >= 0.6 is 0 Å². The third kappa shape index (κ3) is 4.62. The van der Waals surface area contributed by atoms with Gasteiger partial charge >= 0.3 is 12.1 Å². The fraction of sp³-hybridized carbons (Fsp3) is 0.308. The van der Waals surface area contributed by atoms with Gasteiger partial charge in [-0.2, -0.15) is 5.10 Å². The van der Waals surface area contributed by atoms with Crippen molar-refractivity contribution < 1.29 is 24.2 Å². The number of nitrogens with zero attached hydrogens (tertiary/aromatic N) is 2. The quantitative estimate of drug-likeness (QED) is 0.470. The Bertz CT molecular complexity index is 1220. The number of carboxylic acids is 1. The first-order valence-corrected chi connectivity index (χ1v) is 11.7. The molecule has 3 N–H and O–H groups in total. The van der Waals surface area contributed by atoms with Crippen molar-refractivity contribution in [3.05, 3.63) is 71.4 Å². The van der Waals surface area contributed by atoms with Crippen LogP contribution in [0.5, 0.6) is 0 Å². The van der Waals surface area contributed by atoms with Gasteiger partial charge in [0.2, 0.25) is 0 Å². The van der Waals surface area contributed by atoms with Gasteiger partial charge in [-0.05, 0) is 35.1 Å². The number of aromatic nitrogens is 2. The summed E-state index contributed by atoms with van der Waals surface area (Å²) in [6, 6.07) is 17.4. The summed E-state index contributed by atoms with van der Waals surface area (Å²) in [4.78, 5) is 38.1. The predicted octanol–water partition coefficient (Wildman–Crippen LogP) is 4.24. The standard InChI is InChI=1S/C26H26N4O5/c31-24(32)14-30(16-7-1-2-8-16)25(33)22-13-23(29-28-22)27-26(34)35-15-21-19-11-5-3-9-17(19)18-10-4-6-12-20(18)21/h3-6,9-13,16,21H,1-2,7-8,14-15H2,(H,31,32)(H2,27,28,29,34). The molecule has 0 saturated heterocycles. The van der Waals surface area contributed by atoms with E-state index in [0.29, 0.717) is 0 Å². The molecule has 2 amide bonds. The largest absolute Gasteiger partial charge is 0.480 e. The van der Waals surface area contributed by atoms with Crippen LogP contribution in [-0.2, 0) is 9.53 Å². The lowest BCUT2D eigenvalue weighted by Crippen LogP contribution is -2.42. The molecule has 0 unspecified atom stereocenters. The summed E-state index contributed by atoms with van der Waals surface area (Å²) in [6.07, 6.45) is 2.79. The normalized spacial score (nSPS) is 14.9. The summed E-state index contributed by atoms with van der Waals surface area (Å²) in [6.45, 7) is -0.220. The van der Waals surface area contributed by atoms with E-state index in [4.69, 9.17) is 4.74 Å². The topological polar surface area (TPSA) is 125 Å². The van der Waals surface area contributed by atoms with E-state index in [2.05, 4.69) is 27.6 Å². The number of amides is 2. The van der Waals surface area contributed by atoms with E-state index < -0.39 is 18.0 Å². The molecule has 3 aromatic rings. The molecule has 1 saturated carbocycles. The lowest BCUT2D eigenvalue weighted by atomic mass is 9.98. The van der Waals surface area contributed by atoms with Crippen LogP contribution in [0.1, 0.15) is 53.2 Å². The molecule has 0 bridgehead atoms. The van der Waals surface area contributed by atoms with Crippen molar-refractivity contribution in [1.82, 2.24) is 15.1 Å². The van der Waals surface area contributed by atoms with Crippen molar-refractivity contribution in [1.29, 1.82) is 0 Å². The number of aromatic amines is 1. The number of benzene rings is 2. The molecule has 2 aliphatic rings. The number of hydrogen-bond acceptors (Lipinski definition) is 5. The highest BCUT2D eigenvalue weighted by Gasteiger charge is 2.31. The molecule has 5 rings (SSSR count). The van der Waals surface area contributed by atoms with E-state index in [1.54, 1.807) is 0 Å². The van der Waals surface area contributed by atoms with Crippen LogP contribution < -0.4 is 5.32 Å². The maximum Gasteiger partial charge on any atom is 0.412 e. The Hall–Kier alpha value is -4.14. The van der Waals surface area contributed by atoms with Gasteiger partial charge in [-0.25, -0.2) is 4.79 Å². The number of hydrogen-bond donors (Lipinski definition) is 3. The van der Waals surface area contributed by atoms with Gasteiger partial charge in [0, 0.05) is 18.0 Å². The molecule has 9 heteroatoms. The summed E-state index contributed by atoms with van der Waals surface area (Å²) in [5.41, 5.74) is 4.62. The monoisotopic (exact) mass is 474 g/mol. The fourth-order valence-electron chi connectivity index (χ4n) is 5.12. The van der Waals surface area contributed by atoms with Crippen molar-refractivity contribution in [2.45, 2.75) is 37.6 Å². The number of carbonyl (C=O) groups is 3. The van der Waals surface area contributed by atoms with Crippen LogP contribution in [0.25, 0.3) is 11.1 Å². The Morgan fingerprint density at radius 2 is 1.66 bits per heavy atom. The van der Waals surface area contributed by atoms with Gasteiger partial charge in [-0.3, -0.25) is 20.0 Å². The van der Waals surface area contributed by atoms with E-state index in [1.807, 2.05) is 36.4 Å². The highest BCUT2D eigenvalue weighted by Crippen LogP contribution is 2.44. The van der Waals surface area contributed by atoms with Gasteiger partial charge in [0.15, 0.2) is 5.82 Å². The van der Waals surface area contributed by atoms with Crippen molar-refractivity contribution in [3.8, 4) is 11.1 Å². The number of H-pyrrole nitrogens is 1. The van der Waals surface area contributed by atoms with Crippen molar-refractivity contribution in [2.75, 3.05) is 18.5 Å². The minimum atomic E-state index is -1.07. The fourth-order valence-corrected chi connectivity index (χ4v) is 5.12. The zero-order chi connectivity index (χ0) is 24.4. The smallest absolute Gasteiger partial charge is 0.412 e. The van der Waals surface area contributed by atoms with Crippen LogP contribution in [0.2, 0.25) is 0 Å². The summed E-state index contributed by atoms with van der Waals surface area (Å²) in [5, 5.41) is 18.4. The van der Waals surface area contributed by atoms with Crippen LogP contribution in [0, 0.1) is 0 Å². The molecule has 0 spiro atoms. The van der Waals surface area contributed by atoms with Gasteiger partial charge in [0.25, 0.3) is 5.91 Å². The average molecular weight is 475 g/mol. The van der Waals surface area contributed by atoms with Crippen molar-refractivity contribution in [3.63, 3.8) is 0 Å². The van der Waals surface area contributed by atoms with E-state index in [-0.39, 0.29) is 36.6 Å². The minimum Gasteiger partial charge on any atom is -0.480 e.